The van der Waals surface area contributed by atoms with Crippen LogP contribution in [0.1, 0.15) is 35.7 Å². The normalized spacial score (nSPS) is 17.0. The zero-order valence-electron chi connectivity index (χ0n) is 12.8. The van der Waals surface area contributed by atoms with Crippen LogP contribution in [0.25, 0.3) is 11.4 Å². The van der Waals surface area contributed by atoms with Crippen molar-refractivity contribution in [2.75, 3.05) is 0 Å². The van der Waals surface area contributed by atoms with E-state index in [1.54, 1.807) is 24.9 Å². The number of furan rings is 1. The average Bonchev–Trinajstić information content (AvgIpc) is 3.14. The third-order valence-electron chi connectivity index (χ3n) is 4.23. The van der Waals surface area contributed by atoms with Crippen molar-refractivity contribution < 1.29 is 4.42 Å². The lowest BCUT2D eigenvalue weighted by Crippen LogP contribution is -2.25. The Balaban J connectivity index is 1.56. The highest BCUT2D eigenvalue weighted by Gasteiger charge is 2.22. The molecule has 3 aromatic rings. The van der Waals surface area contributed by atoms with Crippen molar-refractivity contribution in [1.29, 1.82) is 0 Å². The highest BCUT2D eigenvalue weighted by Crippen LogP contribution is 2.29. The molecular formula is C18H18N4O. The van der Waals surface area contributed by atoms with E-state index < -0.39 is 0 Å². The van der Waals surface area contributed by atoms with Gasteiger partial charge in [-0.05, 0) is 37.5 Å². The van der Waals surface area contributed by atoms with Crippen LogP contribution in [0.4, 0.5) is 0 Å². The van der Waals surface area contributed by atoms with Crippen LogP contribution in [0.5, 0.6) is 0 Å². The van der Waals surface area contributed by atoms with Crippen LogP contribution in [0.15, 0.2) is 53.7 Å². The van der Waals surface area contributed by atoms with Crippen LogP contribution in [-0.4, -0.2) is 15.0 Å². The van der Waals surface area contributed by atoms with Gasteiger partial charge in [0.05, 0.1) is 12.5 Å². The van der Waals surface area contributed by atoms with Crippen LogP contribution in [0.2, 0.25) is 0 Å². The SMILES string of the molecule is c1cncc(-c2ncc3c(n2)CCCC3NCc2ccoc2)c1. The summed E-state index contributed by atoms with van der Waals surface area (Å²) in [6.07, 6.45) is 12.3. The molecule has 1 aliphatic rings. The first-order valence-electron chi connectivity index (χ1n) is 7.91. The number of pyridine rings is 1. The molecule has 23 heavy (non-hydrogen) atoms. The Morgan fingerprint density at radius 2 is 2.26 bits per heavy atom. The molecule has 0 bridgehead atoms. The summed E-state index contributed by atoms with van der Waals surface area (Å²) in [5.41, 5.74) is 4.48. The van der Waals surface area contributed by atoms with Crippen LogP contribution >= 0.6 is 0 Å². The molecule has 0 aliphatic heterocycles. The minimum atomic E-state index is 0.302. The first-order valence-corrected chi connectivity index (χ1v) is 7.91. The largest absolute Gasteiger partial charge is 0.472 e. The molecule has 0 radical (unpaired) electrons. The minimum Gasteiger partial charge on any atom is -0.472 e. The summed E-state index contributed by atoms with van der Waals surface area (Å²) < 4.78 is 5.12. The van der Waals surface area contributed by atoms with E-state index in [0.717, 1.165) is 48.5 Å². The van der Waals surface area contributed by atoms with Gasteiger partial charge in [0.1, 0.15) is 0 Å². The van der Waals surface area contributed by atoms with Gasteiger partial charge in [0.2, 0.25) is 0 Å². The van der Waals surface area contributed by atoms with E-state index >= 15 is 0 Å². The van der Waals surface area contributed by atoms with Crippen molar-refractivity contribution in [3.8, 4) is 11.4 Å². The summed E-state index contributed by atoms with van der Waals surface area (Å²) in [5.74, 6) is 0.757. The number of nitrogens with zero attached hydrogens (tertiary/aromatic N) is 3. The van der Waals surface area contributed by atoms with Crippen LogP contribution in [0.3, 0.4) is 0 Å². The first-order chi connectivity index (χ1) is 11.4. The van der Waals surface area contributed by atoms with E-state index in [1.807, 2.05) is 24.4 Å². The molecule has 1 N–H and O–H groups in total. The van der Waals surface area contributed by atoms with Gasteiger partial charge in [-0.1, -0.05) is 0 Å². The number of aryl methyl sites for hydroxylation is 1. The molecule has 1 unspecified atom stereocenters. The lowest BCUT2D eigenvalue weighted by atomic mass is 9.92. The summed E-state index contributed by atoms with van der Waals surface area (Å²) in [4.78, 5) is 13.5. The quantitative estimate of drug-likeness (QED) is 0.801. The zero-order valence-corrected chi connectivity index (χ0v) is 12.8. The molecular weight excluding hydrogens is 288 g/mol. The maximum absolute atomic E-state index is 5.12. The number of hydrogen-bond acceptors (Lipinski definition) is 5. The molecule has 116 valence electrons. The maximum Gasteiger partial charge on any atom is 0.160 e. The van der Waals surface area contributed by atoms with Gasteiger partial charge in [-0.2, -0.15) is 0 Å². The van der Waals surface area contributed by atoms with E-state index in [-0.39, 0.29) is 0 Å². The molecule has 1 aliphatic carbocycles. The standard InChI is InChI=1S/C18H18N4O/c1-4-16(20-9-13-6-8-23-12-13)15-11-21-18(22-17(15)5-1)14-3-2-7-19-10-14/h2-3,6-8,10-12,16,20H,1,4-5,9H2. The maximum atomic E-state index is 5.12. The molecule has 5 heteroatoms. The second-order valence-corrected chi connectivity index (χ2v) is 5.79. The van der Waals surface area contributed by atoms with E-state index in [4.69, 9.17) is 9.40 Å². The van der Waals surface area contributed by atoms with E-state index in [0.29, 0.717) is 6.04 Å². The molecule has 5 nitrogen and oxygen atoms in total. The summed E-state index contributed by atoms with van der Waals surface area (Å²) >= 11 is 0. The van der Waals surface area contributed by atoms with Gasteiger partial charge < -0.3 is 9.73 Å². The highest BCUT2D eigenvalue weighted by atomic mass is 16.3. The Labute approximate surface area is 134 Å². The topological polar surface area (TPSA) is 63.8 Å². The Morgan fingerprint density at radius 1 is 1.26 bits per heavy atom. The predicted octanol–water partition coefficient (Wildman–Crippen LogP) is 3.30. The van der Waals surface area contributed by atoms with Crippen LogP contribution < -0.4 is 5.32 Å². The summed E-state index contributed by atoms with van der Waals surface area (Å²) in [6, 6.07) is 6.19. The molecule has 0 amide bonds. The van der Waals surface area contributed by atoms with Crippen molar-refractivity contribution in [2.45, 2.75) is 31.8 Å². The van der Waals surface area contributed by atoms with Gasteiger partial charge in [0.15, 0.2) is 5.82 Å². The number of hydrogen-bond donors (Lipinski definition) is 1. The fourth-order valence-electron chi connectivity index (χ4n) is 3.03. The summed E-state index contributed by atoms with van der Waals surface area (Å²) in [6.45, 7) is 0.797. The van der Waals surface area contributed by atoms with Crippen molar-refractivity contribution in [3.05, 3.63) is 66.1 Å². The van der Waals surface area contributed by atoms with Gasteiger partial charge in [-0.15, -0.1) is 0 Å². The third kappa shape index (κ3) is 3.00. The molecule has 4 rings (SSSR count). The van der Waals surface area contributed by atoms with Gasteiger partial charge in [-0.3, -0.25) is 4.98 Å². The van der Waals surface area contributed by atoms with Gasteiger partial charge in [-0.25, -0.2) is 9.97 Å². The van der Waals surface area contributed by atoms with Crippen LogP contribution in [-0.2, 0) is 13.0 Å². The molecule has 1 atom stereocenters. The van der Waals surface area contributed by atoms with Gasteiger partial charge >= 0.3 is 0 Å². The Hall–Kier alpha value is -2.53. The Morgan fingerprint density at radius 3 is 3.09 bits per heavy atom. The fraction of sp³-hybridized carbons (Fsp3) is 0.278. The fourth-order valence-corrected chi connectivity index (χ4v) is 3.03. The number of rotatable bonds is 4. The molecule has 0 fully saturated rings. The summed E-state index contributed by atoms with van der Waals surface area (Å²) in [7, 11) is 0. The number of fused-ring (bicyclic) bond motifs is 1. The summed E-state index contributed by atoms with van der Waals surface area (Å²) in [5, 5.41) is 3.59. The first kappa shape index (κ1) is 14.1. The lowest BCUT2D eigenvalue weighted by molar-refractivity contribution is 0.450. The second kappa shape index (κ2) is 6.30. The van der Waals surface area contributed by atoms with Gasteiger partial charge in [0.25, 0.3) is 0 Å². The average molecular weight is 306 g/mol. The Kier molecular flexibility index (Phi) is 3.86. The van der Waals surface area contributed by atoms with Gasteiger partial charge in [0, 0.05) is 53.6 Å². The number of nitrogens with one attached hydrogen (secondary N) is 1. The molecule has 0 aromatic carbocycles. The van der Waals surface area contributed by atoms with E-state index in [1.165, 1.54) is 5.56 Å². The third-order valence-corrected chi connectivity index (χ3v) is 4.23. The molecule has 0 saturated carbocycles. The van der Waals surface area contributed by atoms with Crippen molar-refractivity contribution >= 4 is 0 Å². The Bertz CT molecular complexity index is 771. The molecule has 3 heterocycles. The monoisotopic (exact) mass is 306 g/mol. The second-order valence-electron chi connectivity index (χ2n) is 5.79. The van der Waals surface area contributed by atoms with Crippen molar-refractivity contribution in [3.63, 3.8) is 0 Å². The number of aromatic nitrogens is 3. The smallest absolute Gasteiger partial charge is 0.160 e. The van der Waals surface area contributed by atoms with E-state index in [2.05, 4.69) is 15.3 Å². The minimum absolute atomic E-state index is 0.302. The highest BCUT2D eigenvalue weighted by molar-refractivity contribution is 5.53. The zero-order chi connectivity index (χ0) is 15.5. The van der Waals surface area contributed by atoms with Crippen LogP contribution in [0, 0.1) is 0 Å². The lowest BCUT2D eigenvalue weighted by Gasteiger charge is -2.25. The molecule has 0 saturated heterocycles. The van der Waals surface area contributed by atoms with Crippen molar-refractivity contribution in [2.24, 2.45) is 0 Å². The molecule has 3 aromatic heterocycles. The van der Waals surface area contributed by atoms with Crippen molar-refractivity contribution in [1.82, 2.24) is 20.3 Å². The molecule has 0 spiro atoms. The van der Waals surface area contributed by atoms with E-state index in [9.17, 15) is 0 Å². The predicted molar refractivity (Wildman–Crippen MR) is 86.5 cm³/mol.